The molecule has 0 fully saturated rings. The lowest BCUT2D eigenvalue weighted by molar-refractivity contribution is 0.0948. The van der Waals surface area contributed by atoms with Crippen LogP contribution in [0.5, 0.6) is 0 Å². The van der Waals surface area contributed by atoms with E-state index in [4.69, 9.17) is 5.53 Å². The zero-order chi connectivity index (χ0) is 12.8. The summed E-state index contributed by atoms with van der Waals surface area (Å²) in [6, 6.07) is 5.12. The van der Waals surface area contributed by atoms with Gasteiger partial charge in [-0.2, -0.15) is 0 Å². The first-order chi connectivity index (χ1) is 8.06. The molecule has 0 heterocycles. The maximum absolute atomic E-state index is 11.9. The van der Waals surface area contributed by atoms with E-state index in [1.807, 2.05) is 13.8 Å². The predicted octanol–water partition coefficient (Wildman–Crippen LogP) is 3.32. The summed E-state index contributed by atoms with van der Waals surface area (Å²) in [7, 11) is 0. The van der Waals surface area contributed by atoms with E-state index in [2.05, 4.69) is 15.3 Å². The van der Waals surface area contributed by atoms with Crippen molar-refractivity contribution in [2.45, 2.75) is 20.8 Å². The highest BCUT2D eigenvalue weighted by Crippen LogP contribution is 2.21. The van der Waals surface area contributed by atoms with Gasteiger partial charge in [-0.1, -0.05) is 31.1 Å². The van der Waals surface area contributed by atoms with Crippen LogP contribution in [-0.4, -0.2) is 12.5 Å². The summed E-state index contributed by atoms with van der Waals surface area (Å²) in [6.45, 7) is 6.46. The van der Waals surface area contributed by atoms with E-state index in [1.165, 1.54) is 0 Å². The van der Waals surface area contributed by atoms with E-state index in [9.17, 15) is 4.79 Å². The molecule has 17 heavy (non-hydrogen) atoms. The van der Waals surface area contributed by atoms with Crippen LogP contribution in [-0.2, 0) is 0 Å². The number of hydrogen-bond donors (Lipinski definition) is 1. The smallest absolute Gasteiger partial charge is 0.251 e. The van der Waals surface area contributed by atoms with Crippen molar-refractivity contribution >= 4 is 11.6 Å². The topological polar surface area (TPSA) is 77.9 Å². The van der Waals surface area contributed by atoms with Crippen molar-refractivity contribution in [2.24, 2.45) is 11.0 Å². The standard InChI is InChI=1S/C12H16N4O/c1-8(2)7-14-12(17)10-5-4-6-11(9(10)3)15-16-13/h4-6,8H,7H2,1-3H3,(H,14,17). The lowest BCUT2D eigenvalue weighted by Gasteiger charge is -2.10. The SMILES string of the molecule is Cc1c(N=[N+]=[N-])cccc1C(=O)NCC(C)C. The van der Waals surface area contributed by atoms with E-state index in [-0.39, 0.29) is 5.91 Å². The molecular formula is C12H16N4O. The zero-order valence-electron chi connectivity index (χ0n) is 10.3. The maximum Gasteiger partial charge on any atom is 0.251 e. The molecule has 90 valence electrons. The molecule has 0 unspecified atom stereocenters. The molecule has 0 atom stereocenters. The lowest BCUT2D eigenvalue weighted by Crippen LogP contribution is -2.27. The number of nitrogens with one attached hydrogen (secondary N) is 1. The molecule has 1 aromatic rings. The predicted molar refractivity (Wildman–Crippen MR) is 67.2 cm³/mol. The van der Waals surface area contributed by atoms with Crippen LogP contribution >= 0.6 is 0 Å². The monoisotopic (exact) mass is 232 g/mol. The first-order valence-electron chi connectivity index (χ1n) is 5.49. The summed E-state index contributed by atoms with van der Waals surface area (Å²) < 4.78 is 0. The Hall–Kier alpha value is -2.00. The second-order valence-corrected chi connectivity index (χ2v) is 4.24. The lowest BCUT2D eigenvalue weighted by atomic mass is 10.1. The van der Waals surface area contributed by atoms with E-state index in [0.29, 0.717) is 29.3 Å². The van der Waals surface area contributed by atoms with Gasteiger partial charge in [0.2, 0.25) is 0 Å². The van der Waals surface area contributed by atoms with Crippen LogP contribution in [0.1, 0.15) is 29.8 Å². The van der Waals surface area contributed by atoms with E-state index in [1.54, 1.807) is 25.1 Å². The molecule has 0 saturated carbocycles. The van der Waals surface area contributed by atoms with Crippen LogP contribution in [0.25, 0.3) is 10.4 Å². The van der Waals surface area contributed by atoms with Gasteiger partial charge in [0.15, 0.2) is 0 Å². The summed E-state index contributed by atoms with van der Waals surface area (Å²) in [5.74, 6) is 0.269. The first kappa shape index (κ1) is 13.1. The molecule has 0 aliphatic rings. The summed E-state index contributed by atoms with van der Waals surface area (Å²) in [4.78, 5) is 14.6. The molecule has 0 aliphatic carbocycles. The van der Waals surface area contributed by atoms with Crippen molar-refractivity contribution in [2.75, 3.05) is 6.54 Å². The average Bonchev–Trinajstić information content (AvgIpc) is 2.29. The van der Waals surface area contributed by atoms with Crippen LogP contribution in [0.4, 0.5) is 5.69 Å². The Morgan fingerprint density at radius 1 is 1.53 bits per heavy atom. The van der Waals surface area contributed by atoms with Gasteiger partial charge in [0.1, 0.15) is 0 Å². The quantitative estimate of drug-likeness (QED) is 0.482. The fourth-order valence-corrected chi connectivity index (χ4v) is 1.42. The van der Waals surface area contributed by atoms with Crippen LogP contribution < -0.4 is 5.32 Å². The Kier molecular flexibility index (Phi) is 4.55. The minimum absolute atomic E-state index is 0.133. The Morgan fingerprint density at radius 3 is 2.82 bits per heavy atom. The average molecular weight is 232 g/mol. The van der Waals surface area contributed by atoms with Gasteiger partial charge in [-0.3, -0.25) is 4.79 Å². The van der Waals surface area contributed by atoms with Gasteiger partial charge in [-0.25, -0.2) is 0 Å². The van der Waals surface area contributed by atoms with E-state index >= 15 is 0 Å². The van der Waals surface area contributed by atoms with Crippen molar-refractivity contribution < 1.29 is 4.79 Å². The number of amides is 1. The number of rotatable bonds is 4. The van der Waals surface area contributed by atoms with Gasteiger partial charge < -0.3 is 5.32 Å². The van der Waals surface area contributed by atoms with E-state index in [0.717, 1.165) is 0 Å². The Labute approximate surface area is 100 Å². The summed E-state index contributed by atoms with van der Waals surface area (Å²) in [5, 5.41) is 6.38. The molecule has 0 radical (unpaired) electrons. The van der Waals surface area contributed by atoms with E-state index < -0.39 is 0 Å². The largest absolute Gasteiger partial charge is 0.352 e. The van der Waals surface area contributed by atoms with Gasteiger partial charge >= 0.3 is 0 Å². The molecule has 1 amide bonds. The van der Waals surface area contributed by atoms with Crippen molar-refractivity contribution in [1.82, 2.24) is 5.32 Å². The first-order valence-corrected chi connectivity index (χ1v) is 5.49. The van der Waals surface area contributed by atoms with Crippen LogP contribution in [0.3, 0.4) is 0 Å². The zero-order valence-corrected chi connectivity index (χ0v) is 10.3. The number of carbonyl (C=O) groups excluding carboxylic acids is 1. The number of hydrogen-bond acceptors (Lipinski definition) is 2. The molecule has 1 aromatic carbocycles. The molecular weight excluding hydrogens is 216 g/mol. The second-order valence-electron chi connectivity index (χ2n) is 4.24. The molecule has 5 heteroatoms. The highest BCUT2D eigenvalue weighted by Gasteiger charge is 2.10. The molecule has 0 saturated heterocycles. The molecule has 0 aromatic heterocycles. The maximum atomic E-state index is 11.9. The van der Waals surface area contributed by atoms with Gasteiger partial charge in [0, 0.05) is 22.7 Å². The normalized spacial score (nSPS) is 9.88. The van der Waals surface area contributed by atoms with Crippen molar-refractivity contribution in [3.05, 3.63) is 39.8 Å². The molecule has 5 nitrogen and oxygen atoms in total. The van der Waals surface area contributed by atoms with Crippen molar-refractivity contribution in [1.29, 1.82) is 0 Å². The van der Waals surface area contributed by atoms with Gasteiger partial charge in [-0.15, -0.1) is 0 Å². The highest BCUT2D eigenvalue weighted by atomic mass is 16.1. The fraction of sp³-hybridized carbons (Fsp3) is 0.417. The third-order valence-electron chi connectivity index (χ3n) is 2.37. The molecule has 1 rings (SSSR count). The third kappa shape index (κ3) is 3.50. The molecule has 0 aliphatic heterocycles. The van der Waals surface area contributed by atoms with Gasteiger partial charge in [0.05, 0.1) is 0 Å². The van der Waals surface area contributed by atoms with Crippen molar-refractivity contribution in [3.63, 3.8) is 0 Å². The summed E-state index contributed by atoms with van der Waals surface area (Å²) in [6.07, 6.45) is 0. The van der Waals surface area contributed by atoms with Crippen LogP contribution in [0, 0.1) is 12.8 Å². The second kappa shape index (κ2) is 5.92. The third-order valence-corrected chi connectivity index (χ3v) is 2.37. The van der Waals surface area contributed by atoms with Gasteiger partial charge in [-0.05, 0) is 30.0 Å². The van der Waals surface area contributed by atoms with Gasteiger partial charge in [0.25, 0.3) is 5.91 Å². The van der Waals surface area contributed by atoms with Crippen molar-refractivity contribution in [3.8, 4) is 0 Å². The Bertz CT molecular complexity index is 462. The number of azide groups is 1. The molecule has 0 bridgehead atoms. The summed E-state index contributed by atoms with van der Waals surface area (Å²) in [5.41, 5.74) is 10.1. The van der Waals surface area contributed by atoms with Crippen LogP contribution in [0.2, 0.25) is 0 Å². The highest BCUT2D eigenvalue weighted by molar-refractivity contribution is 5.96. The van der Waals surface area contributed by atoms with Crippen LogP contribution in [0.15, 0.2) is 23.3 Å². The number of carbonyl (C=O) groups is 1. The fourth-order valence-electron chi connectivity index (χ4n) is 1.42. The summed E-state index contributed by atoms with van der Waals surface area (Å²) >= 11 is 0. The number of nitrogens with zero attached hydrogens (tertiary/aromatic N) is 3. The minimum atomic E-state index is -0.133. The Morgan fingerprint density at radius 2 is 2.24 bits per heavy atom. The molecule has 0 spiro atoms. The Balaban J connectivity index is 2.94. The minimum Gasteiger partial charge on any atom is -0.352 e. The number of benzene rings is 1. The molecule has 1 N–H and O–H groups in total.